The van der Waals surface area contributed by atoms with Crippen LogP contribution in [0.4, 0.5) is 31.9 Å². The van der Waals surface area contributed by atoms with Gasteiger partial charge in [0.1, 0.15) is 17.5 Å². The van der Waals surface area contributed by atoms with Crippen molar-refractivity contribution >= 4 is 56.5 Å². The summed E-state index contributed by atoms with van der Waals surface area (Å²) in [5.41, 5.74) is 2.14. The molecule has 2 aromatic heterocycles. The predicted molar refractivity (Wildman–Crippen MR) is 129 cm³/mol. The lowest BCUT2D eigenvalue weighted by Gasteiger charge is -2.14. The molecule has 5 aromatic rings. The normalized spacial score (nSPS) is 11.1. The van der Waals surface area contributed by atoms with Crippen molar-refractivity contribution in [3.63, 3.8) is 0 Å². The molecule has 3 N–H and O–H groups in total. The van der Waals surface area contributed by atoms with E-state index in [1.807, 2.05) is 18.2 Å². The number of ketones is 2. The molecule has 0 aliphatic heterocycles. The molecular weight excluding hydrogens is 454 g/mol. The maximum absolute atomic E-state index is 14.3. The van der Waals surface area contributed by atoms with Gasteiger partial charge in [0.2, 0.25) is 5.95 Å². The van der Waals surface area contributed by atoms with Gasteiger partial charge in [-0.2, -0.15) is 10.1 Å². The van der Waals surface area contributed by atoms with Crippen LogP contribution in [-0.2, 0) is 0 Å². The molecule has 0 saturated heterocycles. The fourth-order valence-electron chi connectivity index (χ4n) is 3.78. The Hall–Kier alpha value is -4.73. The van der Waals surface area contributed by atoms with Crippen LogP contribution in [0.25, 0.3) is 21.8 Å². The van der Waals surface area contributed by atoms with Crippen LogP contribution in [0.5, 0.6) is 0 Å². The average Bonchev–Trinajstić information content (AvgIpc) is 3.28. The minimum Gasteiger partial charge on any atom is -0.340 e. The SMILES string of the molecule is CC(=O)c1cc2nc(Nc3cc(F)ccc3F)nc(Nc3ccc4[nH]ncc4c3)c2cc1C(C)=O. The third-order valence-corrected chi connectivity index (χ3v) is 5.47. The zero-order valence-electron chi connectivity index (χ0n) is 18.6. The second kappa shape index (κ2) is 8.56. The van der Waals surface area contributed by atoms with Crippen molar-refractivity contribution in [3.05, 3.63) is 77.5 Å². The standard InChI is InChI=1S/C25H18F2N6O2/c1-12(34)17-9-19-22(10-18(17)13(2)35)30-25(31-23-8-15(26)3-5-20(23)27)32-24(19)29-16-4-6-21-14(7-16)11-28-33-21/h3-11H,1-2H3,(H,28,33)(H2,29,30,31,32). The Balaban J connectivity index is 1.69. The number of nitrogens with zero attached hydrogens (tertiary/aromatic N) is 3. The zero-order chi connectivity index (χ0) is 24.7. The summed E-state index contributed by atoms with van der Waals surface area (Å²) in [6.45, 7) is 2.73. The zero-order valence-corrected chi connectivity index (χ0v) is 18.6. The van der Waals surface area contributed by atoms with E-state index in [-0.39, 0.29) is 34.3 Å². The molecular formula is C25H18F2N6O2. The monoisotopic (exact) mass is 472 g/mol. The second-order valence-electron chi connectivity index (χ2n) is 7.97. The molecule has 0 atom stereocenters. The summed E-state index contributed by atoms with van der Waals surface area (Å²) in [6, 6.07) is 11.5. The van der Waals surface area contributed by atoms with Crippen LogP contribution in [0.15, 0.2) is 54.7 Å². The third-order valence-electron chi connectivity index (χ3n) is 5.47. The molecule has 0 saturated carbocycles. The number of aromatic amines is 1. The number of hydrogen-bond donors (Lipinski definition) is 3. The minimum atomic E-state index is -0.689. The van der Waals surface area contributed by atoms with Gasteiger partial charge in [0, 0.05) is 33.7 Å². The summed E-state index contributed by atoms with van der Waals surface area (Å²) in [4.78, 5) is 33.3. The van der Waals surface area contributed by atoms with Crippen molar-refractivity contribution < 1.29 is 18.4 Å². The van der Waals surface area contributed by atoms with Gasteiger partial charge in [0.15, 0.2) is 11.6 Å². The molecule has 2 heterocycles. The Bertz CT molecular complexity index is 1650. The maximum atomic E-state index is 14.3. The Morgan fingerprint density at radius 1 is 0.886 bits per heavy atom. The fraction of sp³-hybridized carbons (Fsp3) is 0.0800. The number of carbonyl (C=O) groups excluding carboxylic acids is 2. The first-order valence-electron chi connectivity index (χ1n) is 10.6. The van der Waals surface area contributed by atoms with Gasteiger partial charge < -0.3 is 10.6 Å². The van der Waals surface area contributed by atoms with Gasteiger partial charge in [-0.1, -0.05) is 0 Å². The van der Waals surface area contributed by atoms with Gasteiger partial charge >= 0.3 is 0 Å². The van der Waals surface area contributed by atoms with Crippen molar-refractivity contribution in [2.45, 2.75) is 13.8 Å². The lowest BCUT2D eigenvalue weighted by molar-refractivity contribution is 0.0981. The lowest BCUT2D eigenvalue weighted by Crippen LogP contribution is -2.08. The first-order valence-corrected chi connectivity index (χ1v) is 10.6. The molecule has 0 fully saturated rings. The van der Waals surface area contributed by atoms with Gasteiger partial charge in [0.05, 0.1) is 22.9 Å². The summed E-state index contributed by atoms with van der Waals surface area (Å²) in [7, 11) is 0. The number of rotatable bonds is 6. The van der Waals surface area contributed by atoms with Crippen LogP contribution < -0.4 is 10.6 Å². The Morgan fingerprint density at radius 3 is 2.43 bits per heavy atom. The van der Waals surface area contributed by atoms with Gasteiger partial charge in [-0.3, -0.25) is 14.7 Å². The van der Waals surface area contributed by atoms with Gasteiger partial charge in [-0.15, -0.1) is 0 Å². The number of Topliss-reactive ketones (excluding diaryl/α,β-unsaturated/α-hetero) is 2. The smallest absolute Gasteiger partial charge is 0.229 e. The summed E-state index contributed by atoms with van der Waals surface area (Å²) >= 11 is 0. The molecule has 8 nitrogen and oxygen atoms in total. The van der Waals surface area contributed by atoms with E-state index in [1.165, 1.54) is 19.9 Å². The number of hydrogen-bond acceptors (Lipinski definition) is 7. The molecule has 3 aromatic carbocycles. The third kappa shape index (κ3) is 4.29. The minimum absolute atomic E-state index is 0.0287. The van der Waals surface area contributed by atoms with Crippen LogP contribution in [0.3, 0.4) is 0 Å². The Morgan fingerprint density at radius 2 is 1.66 bits per heavy atom. The Kier molecular flexibility index (Phi) is 5.40. The number of nitrogens with one attached hydrogen (secondary N) is 3. The van der Waals surface area contributed by atoms with Gasteiger partial charge in [0.25, 0.3) is 0 Å². The average molecular weight is 472 g/mol. The van der Waals surface area contributed by atoms with Gasteiger partial charge in [-0.05, 0) is 56.3 Å². The van der Waals surface area contributed by atoms with E-state index in [9.17, 15) is 18.4 Å². The number of H-pyrrole nitrogens is 1. The lowest BCUT2D eigenvalue weighted by atomic mass is 9.98. The highest BCUT2D eigenvalue weighted by atomic mass is 19.1. The fourth-order valence-corrected chi connectivity index (χ4v) is 3.78. The summed E-state index contributed by atoms with van der Waals surface area (Å²) < 4.78 is 28.0. The molecule has 0 aliphatic carbocycles. The van der Waals surface area contributed by atoms with Crippen molar-refractivity contribution in [2.75, 3.05) is 10.6 Å². The molecule has 5 rings (SSSR count). The molecule has 0 radical (unpaired) electrons. The van der Waals surface area contributed by atoms with E-state index >= 15 is 0 Å². The summed E-state index contributed by atoms with van der Waals surface area (Å²) in [6.07, 6.45) is 1.67. The quantitative estimate of drug-likeness (QED) is 0.273. The van der Waals surface area contributed by atoms with Crippen LogP contribution in [0.1, 0.15) is 34.6 Å². The highest BCUT2D eigenvalue weighted by molar-refractivity contribution is 6.11. The second-order valence-corrected chi connectivity index (χ2v) is 7.97. The molecule has 0 unspecified atom stereocenters. The van der Waals surface area contributed by atoms with Gasteiger partial charge in [-0.25, -0.2) is 13.8 Å². The summed E-state index contributed by atoms with van der Waals surface area (Å²) in [5, 5.41) is 14.1. The molecule has 35 heavy (non-hydrogen) atoms. The number of carbonyl (C=O) groups is 2. The molecule has 10 heteroatoms. The number of anilines is 4. The Labute approximate surface area is 197 Å². The summed E-state index contributed by atoms with van der Waals surface area (Å²) in [5.74, 6) is -1.64. The van der Waals surface area contributed by atoms with Crippen molar-refractivity contribution in [3.8, 4) is 0 Å². The number of halogens is 2. The van der Waals surface area contributed by atoms with E-state index in [4.69, 9.17) is 0 Å². The van der Waals surface area contributed by atoms with Crippen LogP contribution in [0, 0.1) is 11.6 Å². The van der Waals surface area contributed by atoms with E-state index in [0.29, 0.717) is 22.4 Å². The molecule has 0 aliphatic rings. The molecule has 0 spiro atoms. The van der Waals surface area contributed by atoms with Crippen LogP contribution >= 0.6 is 0 Å². The van der Waals surface area contributed by atoms with E-state index in [2.05, 4.69) is 30.8 Å². The first kappa shape index (κ1) is 22.1. The largest absolute Gasteiger partial charge is 0.340 e. The van der Waals surface area contributed by atoms with Crippen molar-refractivity contribution in [2.24, 2.45) is 0 Å². The first-order chi connectivity index (χ1) is 16.8. The van der Waals surface area contributed by atoms with E-state index in [0.717, 1.165) is 29.1 Å². The van der Waals surface area contributed by atoms with E-state index < -0.39 is 11.6 Å². The van der Waals surface area contributed by atoms with Crippen molar-refractivity contribution in [1.82, 2.24) is 20.2 Å². The van der Waals surface area contributed by atoms with E-state index in [1.54, 1.807) is 12.3 Å². The highest BCUT2D eigenvalue weighted by Crippen LogP contribution is 2.31. The maximum Gasteiger partial charge on any atom is 0.229 e. The number of fused-ring (bicyclic) bond motifs is 2. The predicted octanol–water partition coefficient (Wildman–Crippen LogP) is 5.68. The number of benzene rings is 3. The highest BCUT2D eigenvalue weighted by Gasteiger charge is 2.18. The van der Waals surface area contributed by atoms with Crippen LogP contribution in [-0.4, -0.2) is 31.7 Å². The topological polar surface area (TPSA) is 113 Å². The molecule has 174 valence electrons. The van der Waals surface area contributed by atoms with Crippen LogP contribution in [0.2, 0.25) is 0 Å². The number of aromatic nitrogens is 4. The molecule has 0 bridgehead atoms. The van der Waals surface area contributed by atoms with Crippen molar-refractivity contribution in [1.29, 1.82) is 0 Å². The molecule has 0 amide bonds.